The van der Waals surface area contributed by atoms with E-state index in [1.807, 2.05) is 0 Å². The average Bonchev–Trinajstić information content (AvgIpc) is 2.29. The van der Waals surface area contributed by atoms with Gasteiger partial charge in [0, 0.05) is 12.6 Å². The zero-order chi connectivity index (χ0) is 12.3. The van der Waals surface area contributed by atoms with E-state index in [4.69, 9.17) is 17.3 Å². The number of nitrogens with zero attached hydrogens (tertiary/aromatic N) is 4. The number of aryl methyl sites for hydroxylation is 1. The Morgan fingerprint density at radius 1 is 1.24 bits per heavy atom. The van der Waals surface area contributed by atoms with Crippen LogP contribution in [0.25, 0.3) is 11.5 Å². The van der Waals surface area contributed by atoms with Crippen LogP contribution in [0.5, 0.6) is 0 Å². The van der Waals surface area contributed by atoms with Crippen molar-refractivity contribution in [2.75, 3.05) is 5.73 Å². The maximum absolute atomic E-state index is 5.77. The van der Waals surface area contributed by atoms with Crippen molar-refractivity contribution in [3.05, 3.63) is 29.2 Å². The Morgan fingerprint density at radius 3 is 2.71 bits per heavy atom. The first-order valence-corrected chi connectivity index (χ1v) is 5.69. The van der Waals surface area contributed by atoms with Gasteiger partial charge in [-0.3, -0.25) is 4.98 Å². The van der Waals surface area contributed by atoms with Crippen molar-refractivity contribution in [1.29, 1.82) is 0 Å². The van der Waals surface area contributed by atoms with Gasteiger partial charge >= 0.3 is 0 Å². The van der Waals surface area contributed by atoms with Crippen molar-refractivity contribution >= 4 is 17.5 Å². The summed E-state index contributed by atoms with van der Waals surface area (Å²) in [5, 5.41) is 0.574. The van der Waals surface area contributed by atoms with Crippen LogP contribution in [0.15, 0.2) is 18.3 Å². The molecule has 5 nitrogen and oxygen atoms in total. The smallest absolute Gasteiger partial charge is 0.223 e. The number of nitrogens with two attached hydrogens (primary N) is 1. The van der Waals surface area contributed by atoms with Crippen molar-refractivity contribution in [3.8, 4) is 11.5 Å². The fraction of sp³-hybridized carbons (Fsp3) is 0.273. The standard InChI is InChI=1S/C11H12ClN5/c1-2-3-9-15-10(17-11(13)16-9)8-5-4-7(12)6-14-8/h4-6H,2-3H2,1H3,(H2,13,15,16,17). The van der Waals surface area contributed by atoms with Crippen LogP contribution in [-0.2, 0) is 6.42 Å². The molecule has 0 atom stereocenters. The molecule has 17 heavy (non-hydrogen) atoms. The van der Waals surface area contributed by atoms with Gasteiger partial charge < -0.3 is 5.73 Å². The second-order valence-electron chi connectivity index (χ2n) is 3.55. The Bertz CT molecular complexity index is 512. The molecule has 0 spiro atoms. The largest absolute Gasteiger partial charge is 0.368 e. The Balaban J connectivity index is 2.40. The molecule has 0 unspecified atom stereocenters. The highest BCUT2D eigenvalue weighted by atomic mass is 35.5. The van der Waals surface area contributed by atoms with E-state index >= 15 is 0 Å². The zero-order valence-electron chi connectivity index (χ0n) is 9.39. The molecule has 0 amide bonds. The fourth-order valence-corrected chi connectivity index (χ4v) is 1.51. The third kappa shape index (κ3) is 2.88. The van der Waals surface area contributed by atoms with Gasteiger partial charge in [-0.05, 0) is 18.6 Å². The molecule has 0 aliphatic carbocycles. The Kier molecular flexibility index (Phi) is 3.49. The predicted octanol–water partition coefficient (Wildman–Crippen LogP) is 2.12. The monoisotopic (exact) mass is 249 g/mol. The lowest BCUT2D eigenvalue weighted by Gasteiger charge is -2.03. The Morgan fingerprint density at radius 2 is 2.06 bits per heavy atom. The van der Waals surface area contributed by atoms with Crippen LogP contribution < -0.4 is 5.73 Å². The fourth-order valence-electron chi connectivity index (χ4n) is 1.40. The molecule has 6 heteroatoms. The molecule has 2 aromatic heterocycles. The van der Waals surface area contributed by atoms with Gasteiger partial charge in [-0.1, -0.05) is 18.5 Å². The van der Waals surface area contributed by atoms with Crippen molar-refractivity contribution < 1.29 is 0 Å². The quantitative estimate of drug-likeness (QED) is 0.902. The summed E-state index contributed by atoms with van der Waals surface area (Å²) < 4.78 is 0. The number of anilines is 1. The minimum Gasteiger partial charge on any atom is -0.368 e. The molecule has 0 aliphatic heterocycles. The maximum atomic E-state index is 5.77. The Labute approximate surface area is 104 Å². The van der Waals surface area contributed by atoms with E-state index in [0.717, 1.165) is 12.8 Å². The van der Waals surface area contributed by atoms with Gasteiger partial charge in [0.05, 0.1) is 5.02 Å². The van der Waals surface area contributed by atoms with Gasteiger partial charge in [-0.25, -0.2) is 4.98 Å². The van der Waals surface area contributed by atoms with Crippen molar-refractivity contribution in [1.82, 2.24) is 19.9 Å². The van der Waals surface area contributed by atoms with Crippen LogP contribution in [0.2, 0.25) is 5.02 Å². The molecule has 0 fully saturated rings. The van der Waals surface area contributed by atoms with Crippen molar-refractivity contribution in [3.63, 3.8) is 0 Å². The molecule has 0 saturated heterocycles. The van der Waals surface area contributed by atoms with Crippen LogP contribution in [0.3, 0.4) is 0 Å². The lowest BCUT2D eigenvalue weighted by molar-refractivity contribution is 0.823. The second kappa shape index (κ2) is 5.05. The van der Waals surface area contributed by atoms with Crippen LogP contribution >= 0.6 is 11.6 Å². The van der Waals surface area contributed by atoms with Crippen LogP contribution in [0, 0.1) is 0 Å². The molecule has 2 N–H and O–H groups in total. The van der Waals surface area contributed by atoms with Gasteiger partial charge in [0.1, 0.15) is 11.5 Å². The topological polar surface area (TPSA) is 77.6 Å². The first kappa shape index (κ1) is 11.7. The van der Waals surface area contributed by atoms with Gasteiger partial charge in [0.25, 0.3) is 0 Å². The first-order valence-electron chi connectivity index (χ1n) is 5.31. The Hall–Kier alpha value is -1.75. The third-order valence-corrected chi connectivity index (χ3v) is 2.35. The SMILES string of the molecule is CCCc1nc(N)nc(-c2ccc(Cl)cn2)n1. The van der Waals surface area contributed by atoms with E-state index in [9.17, 15) is 0 Å². The second-order valence-corrected chi connectivity index (χ2v) is 3.98. The minimum atomic E-state index is 0.218. The highest BCUT2D eigenvalue weighted by Crippen LogP contribution is 2.15. The average molecular weight is 250 g/mol. The van der Waals surface area contributed by atoms with E-state index < -0.39 is 0 Å². The molecule has 2 rings (SSSR count). The van der Waals surface area contributed by atoms with Crippen LogP contribution in [0.1, 0.15) is 19.2 Å². The molecule has 0 aromatic carbocycles. The number of aromatic nitrogens is 4. The molecular weight excluding hydrogens is 238 g/mol. The number of hydrogen-bond donors (Lipinski definition) is 1. The highest BCUT2D eigenvalue weighted by molar-refractivity contribution is 6.30. The van der Waals surface area contributed by atoms with E-state index in [-0.39, 0.29) is 5.95 Å². The molecule has 0 bridgehead atoms. The zero-order valence-corrected chi connectivity index (χ0v) is 10.1. The number of rotatable bonds is 3. The third-order valence-electron chi connectivity index (χ3n) is 2.13. The normalized spacial score (nSPS) is 10.5. The molecule has 0 radical (unpaired) electrons. The molecule has 88 valence electrons. The first-order chi connectivity index (χ1) is 8.19. The predicted molar refractivity (Wildman–Crippen MR) is 66.5 cm³/mol. The molecule has 2 aromatic rings. The lowest BCUT2D eigenvalue weighted by atomic mass is 10.3. The number of nitrogen functional groups attached to an aromatic ring is 1. The van der Waals surface area contributed by atoms with Crippen molar-refractivity contribution in [2.24, 2.45) is 0 Å². The lowest BCUT2D eigenvalue weighted by Crippen LogP contribution is -2.05. The maximum Gasteiger partial charge on any atom is 0.223 e. The summed E-state index contributed by atoms with van der Waals surface area (Å²) in [5.74, 6) is 1.39. The molecule has 2 heterocycles. The summed E-state index contributed by atoms with van der Waals surface area (Å²) in [6, 6.07) is 3.50. The van der Waals surface area contributed by atoms with E-state index in [1.54, 1.807) is 18.3 Å². The summed E-state index contributed by atoms with van der Waals surface area (Å²) in [5.41, 5.74) is 6.28. The van der Waals surface area contributed by atoms with Crippen LogP contribution in [-0.4, -0.2) is 19.9 Å². The van der Waals surface area contributed by atoms with E-state index in [0.29, 0.717) is 22.4 Å². The van der Waals surface area contributed by atoms with Gasteiger partial charge in [0.15, 0.2) is 5.82 Å². The summed E-state index contributed by atoms with van der Waals surface area (Å²) in [6.45, 7) is 2.06. The van der Waals surface area contributed by atoms with Gasteiger partial charge in [-0.15, -0.1) is 0 Å². The van der Waals surface area contributed by atoms with Crippen LogP contribution in [0.4, 0.5) is 5.95 Å². The molecular formula is C11H12ClN5. The van der Waals surface area contributed by atoms with Gasteiger partial charge in [0.2, 0.25) is 5.95 Å². The summed E-state index contributed by atoms with van der Waals surface area (Å²) in [4.78, 5) is 16.6. The van der Waals surface area contributed by atoms with E-state index in [2.05, 4.69) is 26.9 Å². The number of halogens is 1. The minimum absolute atomic E-state index is 0.218. The van der Waals surface area contributed by atoms with Crippen molar-refractivity contribution in [2.45, 2.75) is 19.8 Å². The number of pyridine rings is 1. The summed E-state index contributed by atoms with van der Waals surface area (Å²) in [6.07, 6.45) is 3.28. The number of hydrogen-bond acceptors (Lipinski definition) is 5. The summed E-state index contributed by atoms with van der Waals surface area (Å²) in [7, 11) is 0. The molecule has 0 saturated carbocycles. The van der Waals surface area contributed by atoms with Gasteiger partial charge in [-0.2, -0.15) is 9.97 Å². The highest BCUT2D eigenvalue weighted by Gasteiger charge is 2.07. The summed E-state index contributed by atoms with van der Waals surface area (Å²) >= 11 is 5.77. The molecule has 0 aliphatic rings. The van der Waals surface area contributed by atoms with E-state index in [1.165, 1.54) is 0 Å².